The molecule has 0 heterocycles. The summed E-state index contributed by atoms with van der Waals surface area (Å²) in [6.45, 7) is 0. The predicted octanol–water partition coefficient (Wildman–Crippen LogP) is 4.82. The van der Waals surface area contributed by atoms with Crippen molar-refractivity contribution in [3.63, 3.8) is 0 Å². The molecule has 0 bridgehead atoms. The third kappa shape index (κ3) is 4.33. The fourth-order valence-electron chi connectivity index (χ4n) is 1.75. The van der Waals surface area contributed by atoms with E-state index in [4.69, 9.17) is 0 Å². The lowest BCUT2D eigenvalue weighted by Crippen LogP contribution is -2.28. The molecule has 156 valence electrons. The molecule has 28 heavy (non-hydrogen) atoms. The Labute approximate surface area is 169 Å². The third-order valence-corrected chi connectivity index (χ3v) is 6.53. The average Bonchev–Trinajstić information content (AvgIpc) is 2.50. The lowest BCUT2D eigenvalue weighted by atomic mass is 10.1. The van der Waals surface area contributed by atoms with Crippen molar-refractivity contribution < 1.29 is 51.5 Å². The molecule has 0 aliphatic carbocycles. The Morgan fingerprint density at radius 1 is 0.643 bits per heavy atom. The maximum absolute atomic E-state index is 12.4. The van der Waals surface area contributed by atoms with Crippen molar-refractivity contribution in [1.82, 2.24) is 0 Å². The second-order valence-electron chi connectivity index (χ2n) is 4.82. The van der Waals surface area contributed by atoms with Gasteiger partial charge in [0.05, 0.1) is 8.95 Å². The van der Waals surface area contributed by atoms with Crippen molar-refractivity contribution >= 4 is 62.9 Å². The van der Waals surface area contributed by atoms with E-state index in [-0.39, 0.29) is 19.7 Å². The molecule has 16 heteroatoms. The summed E-state index contributed by atoms with van der Waals surface area (Å²) in [4.78, 5) is 0. The van der Waals surface area contributed by atoms with Crippen molar-refractivity contribution in [2.45, 2.75) is 11.0 Å². The van der Waals surface area contributed by atoms with Gasteiger partial charge in [-0.15, -0.1) is 0 Å². The molecule has 0 saturated carbocycles. The maximum atomic E-state index is 12.4. The van der Waals surface area contributed by atoms with Gasteiger partial charge in [0.2, 0.25) is 0 Å². The topological polar surface area (TPSA) is 86.7 Å². The molecule has 2 aromatic rings. The molecule has 0 aliphatic rings. The molecular weight excluding hydrogens is 578 g/mol. The van der Waals surface area contributed by atoms with E-state index in [9.17, 15) is 43.2 Å². The second kappa shape index (κ2) is 7.21. The molecule has 0 N–H and O–H groups in total. The van der Waals surface area contributed by atoms with Crippen molar-refractivity contribution in [3.8, 4) is 11.5 Å². The van der Waals surface area contributed by atoms with Gasteiger partial charge < -0.3 is 8.37 Å². The van der Waals surface area contributed by atoms with Gasteiger partial charge in [0.1, 0.15) is 0 Å². The molecule has 0 aliphatic heterocycles. The van der Waals surface area contributed by atoms with Gasteiger partial charge in [-0.1, -0.05) is 0 Å². The van der Waals surface area contributed by atoms with E-state index in [1.807, 2.05) is 0 Å². The van der Waals surface area contributed by atoms with Crippen molar-refractivity contribution in [2.75, 3.05) is 0 Å². The number of hydrogen-bond donors (Lipinski definition) is 0. The first-order chi connectivity index (χ1) is 12.5. The molecule has 0 unspecified atom stereocenters. The predicted molar refractivity (Wildman–Crippen MR) is 90.6 cm³/mol. The minimum Gasteiger partial charge on any atom is -0.375 e. The number of rotatable bonds is 4. The standard InChI is InChI=1S/C12H4Br2F6O6S2/c13-9-5-1-3-7(25-27(21,22)11(15,16)17)10(14)6(5)2-4-8(9)26-28(23,24)12(18,19)20/h1-4H. The number of benzene rings is 2. The summed E-state index contributed by atoms with van der Waals surface area (Å²) >= 11 is 5.67. The normalized spacial score (nSPS) is 13.6. The summed E-state index contributed by atoms with van der Waals surface area (Å²) in [7, 11) is -11.9. The largest absolute Gasteiger partial charge is 0.534 e. The highest BCUT2D eigenvalue weighted by molar-refractivity contribution is 9.11. The van der Waals surface area contributed by atoms with E-state index in [0.717, 1.165) is 24.3 Å². The van der Waals surface area contributed by atoms with Crippen LogP contribution in [0.5, 0.6) is 11.5 Å². The van der Waals surface area contributed by atoms with Crippen LogP contribution in [0.25, 0.3) is 10.8 Å². The zero-order chi connectivity index (χ0) is 21.7. The number of halogens is 8. The van der Waals surface area contributed by atoms with E-state index >= 15 is 0 Å². The molecule has 0 aromatic heterocycles. The van der Waals surface area contributed by atoms with Gasteiger partial charge in [0.15, 0.2) is 11.5 Å². The minimum atomic E-state index is -5.97. The Balaban J connectivity index is 2.54. The highest BCUT2D eigenvalue weighted by Gasteiger charge is 2.49. The molecule has 6 nitrogen and oxygen atoms in total. The van der Waals surface area contributed by atoms with Gasteiger partial charge in [0.25, 0.3) is 0 Å². The molecule has 0 atom stereocenters. The first-order valence-corrected chi connectivity index (χ1v) is 10.8. The highest BCUT2D eigenvalue weighted by atomic mass is 79.9. The minimum absolute atomic E-state index is 0.0153. The summed E-state index contributed by atoms with van der Waals surface area (Å²) in [6.07, 6.45) is 0. The van der Waals surface area contributed by atoms with Gasteiger partial charge in [-0.05, 0) is 56.1 Å². The summed E-state index contributed by atoms with van der Waals surface area (Å²) in [6, 6.07) is 3.53. The quantitative estimate of drug-likeness (QED) is 0.292. The van der Waals surface area contributed by atoms with Crippen LogP contribution >= 0.6 is 31.9 Å². The first-order valence-electron chi connectivity index (χ1n) is 6.40. The molecule has 0 fully saturated rings. The first kappa shape index (κ1) is 23.0. The van der Waals surface area contributed by atoms with E-state index in [0.29, 0.717) is 0 Å². The molecule has 2 aromatic carbocycles. The van der Waals surface area contributed by atoms with Crippen LogP contribution < -0.4 is 8.37 Å². The van der Waals surface area contributed by atoms with Crippen LogP contribution in [0.4, 0.5) is 26.3 Å². The van der Waals surface area contributed by atoms with E-state index in [1.54, 1.807) is 0 Å². The lowest BCUT2D eigenvalue weighted by Gasteiger charge is -2.14. The van der Waals surface area contributed by atoms with Crippen LogP contribution in [0, 0.1) is 0 Å². The molecule has 0 amide bonds. The van der Waals surface area contributed by atoms with E-state index < -0.39 is 42.8 Å². The van der Waals surface area contributed by atoms with Gasteiger partial charge in [-0.25, -0.2) is 0 Å². The molecular formula is C12H4Br2F6O6S2. The summed E-state index contributed by atoms with van der Waals surface area (Å²) in [5, 5.41) is -0.0305. The van der Waals surface area contributed by atoms with Crippen molar-refractivity contribution in [1.29, 1.82) is 0 Å². The van der Waals surface area contributed by atoms with Gasteiger partial charge in [-0.2, -0.15) is 43.2 Å². The maximum Gasteiger partial charge on any atom is 0.534 e. The fourth-order valence-corrected chi connectivity index (χ4v) is 4.02. The Bertz CT molecular complexity index is 1050. The second-order valence-corrected chi connectivity index (χ2v) is 9.48. The Hall–Kier alpha value is -1.26. The number of alkyl halides is 6. The summed E-state index contributed by atoms with van der Waals surface area (Å²) in [5.74, 6) is -1.51. The van der Waals surface area contributed by atoms with Crippen LogP contribution in [0.3, 0.4) is 0 Å². The highest BCUT2D eigenvalue weighted by Crippen LogP contribution is 2.42. The molecule has 0 saturated heterocycles. The number of hydrogen-bond acceptors (Lipinski definition) is 6. The Kier molecular flexibility index (Phi) is 5.93. The van der Waals surface area contributed by atoms with Crippen LogP contribution in [0.2, 0.25) is 0 Å². The summed E-state index contributed by atoms with van der Waals surface area (Å²) in [5.41, 5.74) is -11.4. The van der Waals surface area contributed by atoms with E-state index in [2.05, 4.69) is 40.2 Å². The average molecular weight is 582 g/mol. The van der Waals surface area contributed by atoms with Crippen LogP contribution in [0.1, 0.15) is 0 Å². The SMILES string of the molecule is O=S(=O)(Oc1ccc2c(Br)c(OS(=O)(=O)C(F)(F)F)ccc2c1Br)C(F)(F)F. The fraction of sp³-hybridized carbons (Fsp3) is 0.167. The van der Waals surface area contributed by atoms with E-state index in [1.165, 1.54) is 0 Å². The zero-order valence-corrected chi connectivity index (χ0v) is 17.4. The summed E-state index contributed by atoms with van der Waals surface area (Å²) < 4.78 is 126. The lowest BCUT2D eigenvalue weighted by molar-refractivity contribution is -0.0505. The Morgan fingerprint density at radius 3 is 1.18 bits per heavy atom. The van der Waals surface area contributed by atoms with Crippen LogP contribution in [-0.4, -0.2) is 27.9 Å². The smallest absolute Gasteiger partial charge is 0.375 e. The Morgan fingerprint density at radius 2 is 0.929 bits per heavy atom. The van der Waals surface area contributed by atoms with Crippen molar-refractivity contribution in [2.24, 2.45) is 0 Å². The molecule has 0 radical (unpaired) electrons. The molecule has 2 rings (SSSR count). The monoisotopic (exact) mass is 580 g/mol. The molecule has 0 spiro atoms. The third-order valence-electron chi connectivity index (χ3n) is 2.96. The van der Waals surface area contributed by atoms with Crippen LogP contribution in [0.15, 0.2) is 33.2 Å². The van der Waals surface area contributed by atoms with Gasteiger partial charge in [-0.3, -0.25) is 0 Å². The zero-order valence-electron chi connectivity index (χ0n) is 12.6. The van der Waals surface area contributed by atoms with Gasteiger partial charge >= 0.3 is 31.3 Å². The van der Waals surface area contributed by atoms with Gasteiger partial charge in [0, 0.05) is 10.8 Å². The number of fused-ring (bicyclic) bond motifs is 1. The van der Waals surface area contributed by atoms with Crippen molar-refractivity contribution in [3.05, 3.63) is 33.2 Å². The van der Waals surface area contributed by atoms with Crippen LogP contribution in [-0.2, 0) is 20.2 Å².